The summed E-state index contributed by atoms with van der Waals surface area (Å²) in [5.74, 6) is -0.470. The van der Waals surface area contributed by atoms with Gasteiger partial charge in [0.25, 0.3) is 0 Å². The van der Waals surface area contributed by atoms with Crippen molar-refractivity contribution in [2.75, 3.05) is 52.7 Å². The minimum Gasteiger partial charge on any atom is -0.465 e. The minimum absolute atomic E-state index is 0.000289. The Morgan fingerprint density at radius 3 is 1.11 bits per heavy atom. The van der Waals surface area contributed by atoms with E-state index in [1.807, 2.05) is 6.92 Å². The van der Waals surface area contributed by atoms with Gasteiger partial charge in [-0.15, -0.1) is 0 Å². The molecule has 0 aromatic carbocycles. The van der Waals surface area contributed by atoms with Crippen molar-refractivity contribution in [2.45, 2.75) is 240 Å². The number of unbranched alkanes of at least 4 members (excludes halogenated alkanes) is 20. The minimum atomic E-state index is -0.833. The highest BCUT2D eigenvalue weighted by molar-refractivity contribution is 5.70. The van der Waals surface area contributed by atoms with Gasteiger partial charge in [-0.25, -0.2) is 0 Å². The second-order valence-electron chi connectivity index (χ2n) is 18.3. The second kappa shape index (κ2) is 43.1. The molecule has 0 aromatic heterocycles. The lowest BCUT2D eigenvalue weighted by Crippen LogP contribution is -2.37. The van der Waals surface area contributed by atoms with Crippen molar-refractivity contribution < 1.29 is 43.2 Å². The van der Waals surface area contributed by atoms with Crippen molar-refractivity contribution in [2.24, 2.45) is 11.3 Å². The standard InChI is InChI=1S/C51H97NO9/c1-6-10-14-18-21-25-33-46(32-24-17-13-9-4)42-58-47(54)34-28-22-30-38-52(40-41-53)39-31-23-29-37-50(57)61-45-51(5,43-59-48(55)35-26-19-15-11-7-2)44-60-49(56)36-27-20-16-12-8-3/h46,53H,6-45H2,1-5H3. The molecule has 0 saturated carbocycles. The largest absolute Gasteiger partial charge is 0.465 e. The lowest BCUT2D eigenvalue weighted by Gasteiger charge is -2.28. The molecule has 360 valence electrons. The number of ether oxygens (including phenoxy) is 4. The van der Waals surface area contributed by atoms with Crippen LogP contribution in [0.4, 0.5) is 0 Å². The highest BCUT2D eigenvalue weighted by Gasteiger charge is 2.31. The van der Waals surface area contributed by atoms with Crippen molar-refractivity contribution in [1.29, 1.82) is 0 Å². The van der Waals surface area contributed by atoms with Crippen LogP contribution in [0.5, 0.6) is 0 Å². The van der Waals surface area contributed by atoms with Crippen LogP contribution in [0.25, 0.3) is 0 Å². The van der Waals surface area contributed by atoms with E-state index in [2.05, 4.69) is 32.6 Å². The van der Waals surface area contributed by atoms with Gasteiger partial charge in [-0.05, 0) is 77.3 Å². The summed E-state index contributed by atoms with van der Waals surface area (Å²) in [6.45, 7) is 13.6. The molecule has 61 heavy (non-hydrogen) atoms. The number of aliphatic hydroxyl groups excluding tert-OH is 1. The summed E-state index contributed by atoms with van der Waals surface area (Å²) in [6.07, 6.45) is 32.0. The Labute approximate surface area is 375 Å². The Morgan fingerprint density at radius 1 is 0.426 bits per heavy atom. The molecule has 0 fully saturated rings. The first-order chi connectivity index (χ1) is 29.6. The van der Waals surface area contributed by atoms with Crippen LogP contribution in [0.2, 0.25) is 0 Å². The predicted molar refractivity (Wildman–Crippen MR) is 249 cm³/mol. The van der Waals surface area contributed by atoms with Gasteiger partial charge < -0.3 is 29.0 Å². The summed E-state index contributed by atoms with van der Waals surface area (Å²) in [6, 6.07) is 0. The third-order valence-electron chi connectivity index (χ3n) is 11.8. The molecular formula is C51H97NO9. The van der Waals surface area contributed by atoms with Gasteiger partial charge in [0.1, 0.15) is 19.8 Å². The third-order valence-corrected chi connectivity index (χ3v) is 11.8. The van der Waals surface area contributed by atoms with Crippen LogP contribution in [0.3, 0.4) is 0 Å². The first kappa shape index (κ1) is 58.8. The molecule has 0 saturated heterocycles. The van der Waals surface area contributed by atoms with E-state index in [0.29, 0.717) is 44.8 Å². The molecular weight excluding hydrogens is 771 g/mol. The highest BCUT2D eigenvalue weighted by Crippen LogP contribution is 2.22. The maximum absolute atomic E-state index is 12.8. The zero-order valence-corrected chi connectivity index (χ0v) is 40.5. The molecule has 0 bridgehead atoms. The number of aliphatic hydroxyl groups is 1. The van der Waals surface area contributed by atoms with E-state index < -0.39 is 5.41 Å². The van der Waals surface area contributed by atoms with Crippen molar-refractivity contribution >= 4 is 23.9 Å². The van der Waals surface area contributed by atoms with E-state index in [9.17, 15) is 24.3 Å². The maximum atomic E-state index is 12.8. The number of hydrogen-bond donors (Lipinski definition) is 1. The predicted octanol–water partition coefficient (Wildman–Crippen LogP) is 12.6. The molecule has 1 N–H and O–H groups in total. The summed E-state index contributed by atoms with van der Waals surface area (Å²) >= 11 is 0. The molecule has 0 aliphatic carbocycles. The molecule has 0 radical (unpaired) electrons. The second-order valence-corrected chi connectivity index (χ2v) is 18.3. The number of rotatable bonds is 46. The lowest BCUT2D eigenvalue weighted by molar-refractivity contribution is -0.160. The summed E-state index contributed by atoms with van der Waals surface area (Å²) in [7, 11) is 0. The van der Waals surface area contributed by atoms with Crippen molar-refractivity contribution in [3.05, 3.63) is 0 Å². The molecule has 0 aromatic rings. The number of hydrogen-bond acceptors (Lipinski definition) is 10. The zero-order chi connectivity index (χ0) is 45.1. The van der Waals surface area contributed by atoms with Gasteiger partial charge in [-0.3, -0.25) is 19.2 Å². The summed E-state index contributed by atoms with van der Waals surface area (Å²) in [4.78, 5) is 52.6. The van der Waals surface area contributed by atoms with Crippen LogP contribution in [0, 0.1) is 11.3 Å². The molecule has 0 amide bonds. The lowest BCUT2D eigenvalue weighted by atomic mass is 9.94. The molecule has 0 rings (SSSR count). The van der Waals surface area contributed by atoms with E-state index in [0.717, 1.165) is 122 Å². The van der Waals surface area contributed by atoms with Crippen LogP contribution < -0.4 is 0 Å². The van der Waals surface area contributed by atoms with Crippen molar-refractivity contribution in [3.63, 3.8) is 0 Å². The van der Waals surface area contributed by atoms with E-state index in [1.165, 1.54) is 64.2 Å². The Balaban J connectivity index is 4.59. The van der Waals surface area contributed by atoms with Crippen LogP contribution in [0.15, 0.2) is 0 Å². The van der Waals surface area contributed by atoms with E-state index >= 15 is 0 Å². The number of carbonyl (C=O) groups is 4. The van der Waals surface area contributed by atoms with Crippen LogP contribution in [0.1, 0.15) is 240 Å². The van der Waals surface area contributed by atoms with Crippen LogP contribution >= 0.6 is 0 Å². The highest BCUT2D eigenvalue weighted by atomic mass is 16.6. The van der Waals surface area contributed by atoms with Gasteiger partial charge in [-0.1, -0.05) is 156 Å². The normalized spacial score (nSPS) is 12.1. The maximum Gasteiger partial charge on any atom is 0.305 e. The Bertz CT molecular complexity index is 1010. The monoisotopic (exact) mass is 868 g/mol. The van der Waals surface area contributed by atoms with Crippen LogP contribution in [-0.4, -0.2) is 86.6 Å². The summed E-state index contributed by atoms with van der Waals surface area (Å²) in [5.41, 5.74) is -0.833. The molecule has 0 spiro atoms. The molecule has 0 aliphatic rings. The fraction of sp³-hybridized carbons (Fsp3) is 0.922. The topological polar surface area (TPSA) is 129 Å². The van der Waals surface area contributed by atoms with Gasteiger partial charge in [0, 0.05) is 32.2 Å². The first-order valence-electron chi connectivity index (χ1n) is 25.6. The fourth-order valence-corrected chi connectivity index (χ4v) is 7.56. The van der Waals surface area contributed by atoms with Crippen LogP contribution in [-0.2, 0) is 38.1 Å². The number of carbonyl (C=O) groups excluding carboxylic acids is 4. The molecule has 1 atom stereocenters. The van der Waals surface area contributed by atoms with Gasteiger partial charge >= 0.3 is 23.9 Å². The number of nitrogens with zero attached hydrogens (tertiary/aromatic N) is 1. The fourth-order valence-electron chi connectivity index (χ4n) is 7.56. The Morgan fingerprint density at radius 2 is 0.738 bits per heavy atom. The molecule has 1 unspecified atom stereocenters. The number of esters is 4. The van der Waals surface area contributed by atoms with E-state index in [1.54, 1.807) is 0 Å². The van der Waals surface area contributed by atoms with Gasteiger partial charge in [0.15, 0.2) is 0 Å². The SMILES string of the molecule is CCCCCCCCC(CCCCCC)COC(=O)CCCCCN(CCO)CCCCCC(=O)OCC(C)(COC(=O)CCCCCCC)COC(=O)CCCCCCC. The average Bonchev–Trinajstić information content (AvgIpc) is 3.25. The smallest absolute Gasteiger partial charge is 0.305 e. The Kier molecular flexibility index (Phi) is 41.5. The van der Waals surface area contributed by atoms with E-state index in [-0.39, 0.29) is 56.7 Å². The van der Waals surface area contributed by atoms with Gasteiger partial charge in [0.05, 0.1) is 18.6 Å². The summed E-state index contributed by atoms with van der Waals surface area (Å²) in [5, 5.41) is 9.65. The first-order valence-corrected chi connectivity index (χ1v) is 25.6. The van der Waals surface area contributed by atoms with E-state index in [4.69, 9.17) is 18.9 Å². The summed E-state index contributed by atoms with van der Waals surface area (Å²) < 4.78 is 22.6. The average molecular weight is 868 g/mol. The molecule has 0 heterocycles. The van der Waals surface area contributed by atoms with Crippen molar-refractivity contribution in [3.8, 4) is 0 Å². The van der Waals surface area contributed by atoms with Gasteiger partial charge in [-0.2, -0.15) is 0 Å². The molecule has 10 heteroatoms. The third kappa shape index (κ3) is 39.2. The molecule has 0 aliphatic heterocycles. The quantitative estimate of drug-likeness (QED) is 0.0359. The zero-order valence-electron chi connectivity index (χ0n) is 40.5. The van der Waals surface area contributed by atoms with Crippen molar-refractivity contribution in [1.82, 2.24) is 4.90 Å². The van der Waals surface area contributed by atoms with Gasteiger partial charge in [0.2, 0.25) is 0 Å². The Hall–Kier alpha value is -2.20. The molecule has 10 nitrogen and oxygen atoms in total.